The highest BCUT2D eigenvalue weighted by Gasteiger charge is 2.66. The third-order valence-corrected chi connectivity index (χ3v) is 6.02. The van der Waals surface area contributed by atoms with Crippen LogP contribution in [0.3, 0.4) is 0 Å². The molecule has 3 nitrogen and oxygen atoms in total. The van der Waals surface area contributed by atoms with Crippen molar-refractivity contribution in [1.82, 2.24) is 14.5 Å². The van der Waals surface area contributed by atoms with Crippen molar-refractivity contribution in [1.29, 1.82) is 0 Å². The van der Waals surface area contributed by atoms with Crippen LogP contribution < -0.4 is 0 Å². The maximum Gasteiger partial charge on any atom is 0.179 e. The quantitative estimate of drug-likeness (QED) is 0.807. The van der Waals surface area contributed by atoms with Gasteiger partial charge >= 0.3 is 0 Å². The predicted molar refractivity (Wildman–Crippen MR) is 76.8 cm³/mol. The fraction of sp³-hybridized carbons (Fsp3) is 0.571. The smallest absolute Gasteiger partial charge is 0.179 e. The first-order valence-corrected chi connectivity index (χ1v) is 7.78. The number of aromatic nitrogens is 3. The number of halogens is 1. The molecule has 2 heterocycles. The number of hydrogen-bond donors (Lipinski definition) is 1. The van der Waals surface area contributed by atoms with E-state index in [1.165, 1.54) is 19.3 Å². The van der Waals surface area contributed by atoms with Gasteiger partial charge < -0.3 is 4.98 Å². The van der Waals surface area contributed by atoms with Crippen LogP contribution in [-0.4, -0.2) is 14.5 Å². The number of pyridine rings is 1. The van der Waals surface area contributed by atoms with Gasteiger partial charge in [-0.15, -0.1) is 0 Å². The molecule has 0 radical (unpaired) electrons. The maximum absolute atomic E-state index is 6.00. The molecule has 3 fully saturated rings. The Morgan fingerprint density at radius 2 is 2.05 bits per heavy atom. The van der Waals surface area contributed by atoms with Gasteiger partial charge in [0, 0.05) is 12.2 Å². The molecular weight excluding hydrogens is 278 g/mol. The number of nitrogens with zero attached hydrogens (tertiary/aromatic N) is 2. The molecule has 0 spiro atoms. The first-order chi connectivity index (χ1) is 9.24. The summed E-state index contributed by atoms with van der Waals surface area (Å²) < 4.78 is 3.07. The summed E-state index contributed by atoms with van der Waals surface area (Å²) in [6.45, 7) is 0. The molecule has 2 aromatic heterocycles. The second-order valence-electron chi connectivity index (χ2n) is 6.30. The van der Waals surface area contributed by atoms with Crippen LogP contribution in [0.4, 0.5) is 0 Å². The van der Waals surface area contributed by atoms with E-state index < -0.39 is 0 Å². The van der Waals surface area contributed by atoms with E-state index in [9.17, 15) is 0 Å². The third kappa shape index (κ3) is 1.29. The van der Waals surface area contributed by atoms with Crippen LogP contribution >= 0.6 is 23.8 Å². The molecule has 0 amide bonds. The van der Waals surface area contributed by atoms with E-state index in [4.69, 9.17) is 23.8 Å². The molecule has 4 atom stereocenters. The van der Waals surface area contributed by atoms with Gasteiger partial charge in [0.15, 0.2) is 10.4 Å². The van der Waals surface area contributed by atoms with Crippen LogP contribution in [0.25, 0.3) is 11.2 Å². The van der Waals surface area contributed by atoms with Crippen LogP contribution in [-0.2, 0) is 0 Å². The van der Waals surface area contributed by atoms with Crippen LogP contribution in [0.15, 0.2) is 12.3 Å². The molecular formula is C14H14ClN3S. The van der Waals surface area contributed by atoms with E-state index in [0.717, 1.165) is 39.6 Å². The van der Waals surface area contributed by atoms with Gasteiger partial charge in [-0.2, -0.15) is 0 Å². The minimum Gasteiger partial charge on any atom is -0.329 e. The van der Waals surface area contributed by atoms with Gasteiger partial charge in [-0.3, -0.25) is 4.57 Å². The summed E-state index contributed by atoms with van der Waals surface area (Å²) in [5.74, 6) is 3.61. The molecule has 3 aliphatic carbocycles. The molecule has 4 unspecified atom stereocenters. The van der Waals surface area contributed by atoms with Crippen molar-refractivity contribution in [2.75, 3.05) is 0 Å². The zero-order valence-electron chi connectivity index (χ0n) is 10.3. The van der Waals surface area contributed by atoms with Gasteiger partial charge in [0.25, 0.3) is 0 Å². The highest BCUT2D eigenvalue weighted by molar-refractivity contribution is 7.71. The lowest BCUT2D eigenvalue weighted by Gasteiger charge is -2.10. The van der Waals surface area contributed by atoms with Gasteiger partial charge in [0.1, 0.15) is 0 Å². The molecule has 98 valence electrons. The SMILES string of the molecule is S=c1[nH]c2cc(Cl)cnc2n1C1C2C3CCC(C3)C21. The first-order valence-electron chi connectivity index (χ1n) is 7.00. The van der Waals surface area contributed by atoms with E-state index in [2.05, 4.69) is 14.5 Å². The monoisotopic (exact) mass is 291 g/mol. The number of nitrogens with one attached hydrogen (secondary N) is 1. The van der Waals surface area contributed by atoms with E-state index >= 15 is 0 Å². The number of aromatic amines is 1. The van der Waals surface area contributed by atoms with Crippen molar-refractivity contribution >= 4 is 35.0 Å². The molecule has 2 bridgehead atoms. The molecule has 5 rings (SSSR count). The Morgan fingerprint density at radius 1 is 1.32 bits per heavy atom. The lowest BCUT2D eigenvalue weighted by Crippen LogP contribution is -2.05. The molecule has 0 aliphatic heterocycles. The Balaban J connectivity index is 1.67. The van der Waals surface area contributed by atoms with E-state index in [-0.39, 0.29) is 0 Å². The van der Waals surface area contributed by atoms with E-state index in [1.807, 2.05) is 6.07 Å². The molecule has 19 heavy (non-hydrogen) atoms. The third-order valence-electron chi connectivity index (χ3n) is 5.51. The second-order valence-corrected chi connectivity index (χ2v) is 7.13. The van der Waals surface area contributed by atoms with Crippen molar-refractivity contribution in [3.63, 3.8) is 0 Å². The number of rotatable bonds is 1. The van der Waals surface area contributed by atoms with Crippen LogP contribution in [0.1, 0.15) is 25.3 Å². The average molecular weight is 292 g/mol. The summed E-state index contributed by atoms with van der Waals surface area (Å²) in [6, 6.07) is 2.52. The number of imidazole rings is 1. The van der Waals surface area contributed by atoms with Gasteiger partial charge in [0.2, 0.25) is 0 Å². The normalized spacial score (nSPS) is 38.9. The topological polar surface area (TPSA) is 33.6 Å². The van der Waals surface area contributed by atoms with Gasteiger partial charge in [-0.05, 0) is 61.2 Å². The highest BCUT2D eigenvalue weighted by atomic mass is 35.5. The molecule has 0 aromatic carbocycles. The Hall–Kier alpha value is -0.870. The van der Waals surface area contributed by atoms with E-state index in [1.54, 1.807) is 6.20 Å². The predicted octanol–water partition coefficient (Wildman–Crippen LogP) is 3.96. The van der Waals surface area contributed by atoms with Crippen LogP contribution in [0.2, 0.25) is 5.02 Å². The molecule has 3 aliphatic rings. The Morgan fingerprint density at radius 3 is 2.79 bits per heavy atom. The summed E-state index contributed by atoms with van der Waals surface area (Å²) in [5.41, 5.74) is 1.95. The zero-order valence-corrected chi connectivity index (χ0v) is 11.9. The minimum atomic E-state index is 0.598. The molecule has 5 heteroatoms. The van der Waals surface area contributed by atoms with Gasteiger partial charge in [-0.1, -0.05) is 11.6 Å². The Labute approximate surface area is 121 Å². The van der Waals surface area contributed by atoms with Gasteiger partial charge in [0.05, 0.1) is 10.5 Å². The van der Waals surface area contributed by atoms with E-state index in [0.29, 0.717) is 11.1 Å². The lowest BCUT2D eigenvalue weighted by molar-refractivity contribution is 0.456. The fourth-order valence-electron chi connectivity index (χ4n) is 4.89. The number of H-pyrrole nitrogens is 1. The minimum absolute atomic E-state index is 0.598. The lowest BCUT2D eigenvalue weighted by atomic mass is 10.0. The van der Waals surface area contributed by atoms with Crippen LogP contribution in [0, 0.1) is 28.4 Å². The van der Waals surface area contributed by atoms with Crippen molar-refractivity contribution in [3.8, 4) is 0 Å². The summed E-state index contributed by atoms with van der Waals surface area (Å²) in [6.07, 6.45) is 6.03. The Bertz CT molecular complexity index is 733. The van der Waals surface area contributed by atoms with Crippen molar-refractivity contribution < 1.29 is 0 Å². The summed E-state index contributed by atoms with van der Waals surface area (Å²) in [5, 5.41) is 0.659. The Kier molecular flexibility index (Phi) is 1.95. The highest BCUT2D eigenvalue weighted by Crippen LogP contribution is 2.71. The fourth-order valence-corrected chi connectivity index (χ4v) is 5.36. The maximum atomic E-state index is 6.00. The zero-order chi connectivity index (χ0) is 12.7. The summed E-state index contributed by atoms with van der Waals surface area (Å²) in [7, 11) is 0. The number of hydrogen-bond acceptors (Lipinski definition) is 2. The average Bonchev–Trinajstić information content (AvgIpc) is 2.74. The molecule has 2 aromatic rings. The summed E-state index contributed by atoms with van der Waals surface area (Å²) in [4.78, 5) is 7.75. The molecule has 3 saturated carbocycles. The molecule has 0 saturated heterocycles. The van der Waals surface area contributed by atoms with Crippen molar-refractivity contribution in [3.05, 3.63) is 22.1 Å². The van der Waals surface area contributed by atoms with Crippen molar-refractivity contribution in [2.45, 2.75) is 25.3 Å². The number of fused-ring (bicyclic) bond motifs is 6. The largest absolute Gasteiger partial charge is 0.329 e. The van der Waals surface area contributed by atoms with Crippen LogP contribution in [0.5, 0.6) is 0 Å². The first kappa shape index (κ1) is 10.9. The summed E-state index contributed by atoms with van der Waals surface area (Å²) >= 11 is 11.5. The standard InChI is InChI=1S/C14H14ClN3S/c15-8-4-9-13(16-5-8)18(14(19)17-9)12-10-6-1-2-7(3-6)11(10)12/h4-7,10-12H,1-3H2,(H,17,19). The van der Waals surface area contributed by atoms with Gasteiger partial charge in [-0.25, -0.2) is 4.98 Å². The van der Waals surface area contributed by atoms with Crippen molar-refractivity contribution in [2.24, 2.45) is 23.7 Å². The second kappa shape index (κ2) is 3.41. The molecule has 1 N–H and O–H groups in total.